The molecule has 2 saturated heterocycles. The Balaban J connectivity index is 1.73. The van der Waals surface area contributed by atoms with E-state index in [1.165, 1.54) is 7.11 Å². The van der Waals surface area contributed by atoms with Crippen LogP contribution in [-0.4, -0.2) is 80.6 Å². The molecule has 160 valence electrons. The molecule has 3 N–H and O–H groups in total. The zero-order valence-corrected chi connectivity index (χ0v) is 17.7. The number of piperidine rings is 1. The number of carbonyl (C=O) groups is 2. The number of likely N-dealkylation sites (tertiary alicyclic amines) is 2. The summed E-state index contributed by atoms with van der Waals surface area (Å²) in [5, 5.41) is 3.35. The van der Waals surface area contributed by atoms with Gasteiger partial charge in [-0.05, 0) is 58.2 Å². The van der Waals surface area contributed by atoms with Gasteiger partial charge in [0.2, 0.25) is 5.91 Å². The van der Waals surface area contributed by atoms with Gasteiger partial charge in [-0.2, -0.15) is 0 Å². The number of primary amides is 1. The third kappa shape index (κ3) is 6.36. The van der Waals surface area contributed by atoms with Crippen LogP contribution in [0, 0.1) is 17.8 Å². The second kappa shape index (κ2) is 11.2. The lowest BCUT2D eigenvalue weighted by molar-refractivity contribution is -0.146. The van der Waals surface area contributed by atoms with Crippen molar-refractivity contribution in [2.45, 2.75) is 39.5 Å². The molecule has 0 bridgehead atoms. The summed E-state index contributed by atoms with van der Waals surface area (Å²) in [7, 11) is 1.45. The van der Waals surface area contributed by atoms with Crippen molar-refractivity contribution < 1.29 is 14.3 Å². The van der Waals surface area contributed by atoms with Crippen molar-refractivity contribution in [1.29, 1.82) is 0 Å². The first-order chi connectivity index (χ1) is 13.5. The maximum absolute atomic E-state index is 11.9. The van der Waals surface area contributed by atoms with Crippen LogP contribution in [0.5, 0.6) is 0 Å². The van der Waals surface area contributed by atoms with E-state index in [2.05, 4.69) is 29.0 Å². The normalized spacial score (nSPS) is 24.4. The number of hydrogen-bond donors (Lipinski definition) is 2. The first-order valence-electron chi connectivity index (χ1n) is 10.6. The minimum atomic E-state index is -0.157. The average molecular weight is 396 g/mol. The quantitative estimate of drug-likeness (QED) is 0.271. The lowest BCUT2D eigenvalue weighted by atomic mass is 9.96. The highest BCUT2D eigenvalue weighted by Gasteiger charge is 2.36. The van der Waals surface area contributed by atoms with Crippen molar-refractivity contribution >= 4 is 17.8 Å². The van der Waals surface area contributed by atoms with Gasteiger partial charge >= 0.3 is 5.97 Å². The minimum absolute atomic E-state index is 0.0557. The largest absolute Gasteiger partial charge is 0.469 e. The number of esters is 1. The van der Waals surface area contributed by atoms with Gasteiger partial charge < -0.3 is 25.6 Å². The van der Waals surface area contributed by atoms with Gasteiger partial charge in [-0.1, -0.05) is 6.92 Å². The van der Waals surface area contributed by atoms with Gasteiger partial charge in [0.25, 0.3) is 0 Å². The number of aliphatic imine (C=N–C) groups is 1. The molecule has 0 radical (unpaired) electrons. The number of hydrogen-bond acceptors (Lipinski definition) is 5. The van der Waals surface area contributed by atoms with Crippen molar-refractivity contribution in [3.63, 3.8) is 0 Å². The molecular weight excluding hydrogens is 358 g/mol. The van der Waals surface area contributed by atoms with Crippen LogP contribution in [0.1, 0.15) is 39.5 Å². The standard InChI is InChI=1S/C20H37N5O3/c1-4-22-20(25-13-15(2)17(14-25)19(27)28-3)23-9-5-6-10-24-11-7-16(8-12-24)18(21)26/h15-17H,4-14H2,1-3H3,(H2,21,26)(H,22,23). The van der Waals surface area contributed by atoms with Crippen molar-refractivity contribution in [1.82, 2.24) is 15.1 Å². The summed E-state index contributed by atoms with van der Waals surface area (Å²) in [6, 6.07) is 0. The van der Waals surface area contributed by atoms with Gasteiger partial charge in [-0.25, -0.2) is 0 Å². The number of amides is 1. The minimum Gasteiger partial charge on any atom is -0.469 e. The zero-order valence-electron chi connectivity index (χ0n) is 17.7. The number of nitrogens with two attached hydrogens (primary N) is 1. The number of rotatable bonds is 8. The Morgan fingerprint density at radius 1 is 1.21 bits per heavy atom. The van der Waals surface area contributed by atoms with Gasteiger partial charge in [0.1, 0.15) is 0 Å². The maximum atomic E-state index is 11.9. The molecule has 2 heterocycles. The molecular formula is C20H37N5O3. The van der Waals surface area contributed by atoms with Gasteiger partial charge in [0.05, 0.1) is 13.0 Å². The molecule has 2 rings (SSSR count). The third-order valence-electron chi connectivity index (χ3n) is 5.88. The molecule has 2 aliphatic heterocycles. The second-order valence-corrected chi connectivity index (χ2v) is 7.97. The first-order valence-corrected chi connectivity index (χ1v) is 10.6. The molecule has 28 heavy (non-hydrogen) atoms. The molecule has 1 amide bonds. The number of nitrogens with one attached hydrogen (secondary N) is 1. The number of guanidine groups is 1. The molecule has 0 saturated carbocycles. The topological polar surface area (TPSA) is 100 Å². The highest BCUT2D eigenvalue weighted by Crippen LogP contribution is 2.24. The molecule has 8 nitrogen and oxygen atoms in total. The van der Waals surface area contributed by atoms with E-state index in [-0.39, 0.29) is 29.6 Å². The summed E-state index contributed by atoms with van der Waals surface area (Å²) in [6.45, 7) is 10.2. The van der Waals surface area contributed by atoms with Crippen LogP contribution in [0.25, 0.3) is 0 Å². The lowest BCUT2D eigenvalue weighted by Crippen LogP contribution is -2.40. The van der Waals surface area contributed by atoms with E-state index < -0.39 is 0 Å². The number of nitrogens with zero attached hydrogens (tertiary/aromatic N) is 3. The average Bonchev–Trinajstić information content (AvgIpc) is 3.08. The predicted octanol–water partition coefficient (Wildman–Crippen LogP) is 0.670. The van der Waals surface area contributed by atoms with Crippen molar-refractivity contribution in [3.05, 3.63) is 0 Å². The Morgan fingerprint density at radius 2 is 1.93 bits per heavy atom. The molecule has 0 spiro atoms. The molecule has 0 aliphatic carbocycles. The summed E-state index contributed by atoms with van der Waals surface area (Å²) in [6.07, 6.45) is 3.87. The Kier molecular flexibility index (Phi) is 9.02. The molecule has 2 unspecified atom stereocenters. The van der Waals surface area contributed by atoms with Crippen LogP contribution in [-0.2, 0) is 14.3 Å². The monoisotopic (exact) mass is 395 g/mol. The SMILES string of the molecule is CCNC(=NCCCCN1CCC(C(N)=O)CC1)N1CC(C)C(C(=O)OC)C1. The Morgan fingerprint density at radius 3 is 2.54 bits per heavy atom. The second-order valence-electron chi connectivity index (χ2n) is 7.97. The number of carbonyl (C=O) groups excluding carboxylic acids is 2. The fourth-order valence-electron chi connectivity index (χ4n) is 4.10. The predicted molar refractivity (Wildman–Crippen MR) is 110 cm³/mol. The summed E-state index contributed by atoms with van der Waals surface area (Å²) in [5.74, 6) is 0.835. The van der Waals surface area contributed by atoms with E-state index in [1.807, 2.05) is 0 Å². The Labute approximate surface area is 168 Å². The molecule has 8 heteroatoms. The van der Waals surface area contributed by atoms with Crippen LogP contribution in [0.2, 0.25) is 0 Å². The summed E-state index contributed by atoms with van der Waals surface area (Å²) in [5.41, 5.74) is 5.39. The summed E-state index contributed by atoms with van der Waals surface area (Å²) < 4.78 is 4.93. The number of unbranched alkanes of at least 4 members (excludes halogenated alkanes) is 1. The molecule has 2 aliphatic rings. The Hall–Kier alpha value is -1.83. The van der Waals surface area contributed by atoms with E-state index in [0.717, 1.165) is 70.9 Å². The molecule has 0 aromatic rings. The third-order valence-corrected chi connectivity index (χ3v) is 5.88. The lowest BCUT2D eigenvalue weighted by Gasteiger charge is -2.30. The summed E-state index contributed by atoms with van der Waals surface area (Å²) in [4.78, 5) is 32.5. The van der Waals surface area contributed by atoms with E-state index in [0.29, 0.717) is 6.54 Å². The maximum Gasteiger partial charge on any atom is 0.310 e. The van der Waals surface area contributed by atoms with E-state index in [9.17, 15) is 9.59 Å². The highest BCUT2D eigenvalue weighted by atomic mass is 16.5. The van der Waals surface area contributed by atoms with Crippen molar-refractivity contribution in [2.24, 2.45) is 28.5 Å². The molecule has 2 fully saturated rings. The van der Waals surface area contributed by atoms with Crippen LogP contribution in [0.3, 0.4) is 0 Å². The fraction of sp³-hybridized carbons (Fsp3) is 0.850. The van der Waals surface area contributed by atoms with Gasteiger partial charge in [-0.3, -0.25) is 14.6 Å². The fourth-order valence-corrected chi connectivity index (χ4v) is 4.10. The first kappa shape index (κ1) is 22.5. The molecule has 2 atom stereocenters. The van der Waals surface area contributed by atoms with Crippen LogP contribution in [0.4, 0.5) is 0 Å². The van der Waals surface area contributed by atoms with Gasteiger partial charge in [0.15, 0.2) is 5.96 Å². The number of methoxy groups -OCH3 is 1. The van der Waals surface area contributed by atoms with E-state index >= 15 is 0 Å². The van der Waals surface area contributed by atoms with Crippen molar-refractivity contribution in [3.8, 4) is 0 Å². The summed E-state index contributed by atoms with van der Waals surface area (Å²) >= 11 is 0. The van der Waals surface area contributed by atoms with E-state index in [4.69, 9.17) is 15.5 Å². The van der Waals surface area contributed by atoms with Gasteiger partial charge in [-0.15, -0.1) is 0 Å². The van der Waals surface area contributed by atoms with Crippen LogP contribution >= 0.6 is 0 Å². The molecule has 0 aromatic heterocycles. The van der Waals surface area contributed by atoms with E-state index in [1.54, 1.807) is 0 Å². The molecule has 0 aromatic carbocycles. The number of ether oxygens (including phenoxy) is 1. The Bertz CT molecular complexity index is 546. The van der Waals surface area contributed by atoms with Crippen molar-refractivity contribution in [2.75, 3.05) is 52.9 Å². The van der Waals surface area contributed by atoms with Crippen LogP contribution in [0.15, 0.2) is 4.99 Å². The van der Waals surface area contributed by atoms with Crippen LogP contribution < -0.4 is 11.1 Å². The highest BCUT2D eigenvalue weighted by molar-refractivity contribution is 5.82. The zero-order chi connectivity index (χ0) is 20.5. The smallest absolute Gasteiger partial charge is 0.310 e. The van der Waals surface area contributed by atoms with Gasteiger partial charge in [0, 0.05) is 32.1 Å².